The Hall–Kier alpha value is -2.56. The molecule has 1 aliphatic heterocycles. The molecule has 3 heterocycles. The van der Waals surface area contributed by atoms with E-state index in [1.807, 2.05) is 0 Å². The fourth-order valence-corrected chi connectivity index (χ4v) is 5.84. The van der Waals surface area contributed by atoms with Crippen molar-refractivity contribution in [3.05, 3.63) is 82.5 Å². The highest BCUT2D eigenvalue weighted by molar-refractivity contribution is 7.21. The largest absolute Gasteiger partial charge is 0.299 e. The van der Waals surface area contributed by atoms with E-state index >= 15 is 0 Å². The first-order valence-electron chi connectivity index (χ1n) is 11.3. The van der Waals surface area contributed by atoms with Crippen molar-refractivity contribution >= 4 is 21.7 Å². The van der Waals surface area contributed by atoms with Crippen LogP contribution in [0.3, 0.4) is 0 Å². The van der Waals surface area contributed by atoms with Crippen molar-refractivity contribution in [3.8, 4) is 10.6 Å². The van der Waals surface area contributed by atoms with E-state index in [0.29, 0.717) is 0 Å². The van der Waals surface area contributed by atoms with Gasteiger partial charge in [-0.15, -0.1) is 0 Å². The van der Waals surface area contributed by atoms with Gasteiger partial charge in [-0.05, 0) is 92.7 Å². The second-order valence-corrected chi connectivity index (χ2v) is 10.2. The van der Waals surface area contributed by atoms with Gasteiger partial charge in [-0.3, -0.25) is 4.90 Å². The number of aromatic nitrogens is 2. The molecule has 0 spiro atoms. The number of aryl methyl sites for hydroxylation is 2. The molecule has 6 rings (SSSR count). The zero-order valence-corrected chi connectivity index (χ0v) is 19.0. The van der Waals surface area contributed by atoms with Gasteiger partial charge in [0, 0.05) is 17.5 Å². The van der Waals surface area contributed by atoms with E-state index in [9.17, 15) is 0 Å². The van der Waals surface area contributed by atoms with Crippen molar-refractivity contribution in [1.82, 2.24) is 14.9 Å². The summed E-state index contributed by atoms with van der Waals surface area (Å²) in [6, 6.07) is 19.8. The Balaban J connectivity index is 1.35. The van der Waals surface area contributed by atoms with E-state index in [-0.39, 0.29) is 5.41 Å². The molecule has 0 N–H and O–H groups in total. The maximum atomic E-state index is 5.10. The lowest BCUT2D eigenvalue weighted by Crippen LogP contribution is -2.36. The minimum atomic E-state index is 0.102. The van der Waals surface area contributed by atoms with Gasteiger partial charge in [0.25, 0.3) is 0 Å². The Morgan fingerprint density at radius 1 is 0.935 bits per heavy atom. The van der Waals surface area contributed by atoms with E-state index in [2.05, 4.69) is 73.3 Å². The third-order valence-electron chi connectivity index (χ3n) is 7.10. The van der Waals surface area contributed by atoms with Crippen molar-refractivity contribution in [3.63, 3.8) is 0 Å². The lowest BCUT2D eigenvalue weighted by atomic mass is 9.92. The molecule has 0 radical (unpaired) electrons. The van der Waals surface area contributed by atoms with Crippen LogP contribution in [0.4, 0.5) is 0 Å². The molecule has 2 aliphatic rings. The minimum absolute atomic E-state index is 0.102. The van der Waals surface area contributed by atoms with Crippen LogP contribution in [0.15, 0.2) is 54.6 Å². The maximum absolute atomic E-state index is 5.10. The summed E-state index contributed by atoms with van der Waals surface area (Å²) in [5.41, 5.74) is 9.12. The van der Waals surface area contributed by atoms with Gasteiger partial charge >= 0.3 is 0 Å². The molecule has 0 bridgehead atoms. The van der Waals surface area contributed by atoms with Crippen LogP contribution in [0, 0.1) is 13.8 Å². The van der Waals surface area contributed by atoms with Gasteiger partial charge in [-0.2, -0.15) is 0 Å². The molecule has 0 atom stereocenters. The fourth-order valence-electron chi connectivity index (χ4n) is 4.91. The zero-order chi connectivity index (χ0) is 21.0. The highest BCUT2D eigenvalue weighted by Gasteiger charge is 2.47. The molecule has 0 amide bonds. The Bertz CT molecular complexity index is 1240. The lowest BCUT2D eigenvalue weighted by Gasteiger charge is -2.31. The van der Waals surface area contributed by atoms with E-state index in [4.69, 9.17) is 9.97 Å². The third kappa shape index (κ3) is 3.29. The van der Waals surface area contributed by atoms with Crippen LogP contribution in [0.2, 0.25) is 0 Å². The van der Waals surface area contributed by atoms with Gasteiger partial charge in [-0.1, -0.05) is 41.7 Å². The maximum Gasteiger partial charge on any atom is 0.144 e. The molecule has 0 unspecified atom stereocenters. The number of benzene rings is 2. The van der Waals surface area contributed by atoms with Crippen LogP contribution in [0.1, 0.15) is 47.2 Å². The molecule has 4 heteroatoms. The van der Waals surface area contributed by atoms with Crippen molar-refractivity contribution in [2.75, 3.05) is 13.1 Å². The highest BCUT2D eigenvalue weighted by atomic mass is 32.1. The molecule has 156 valence electrons. The van der Waals surface area contributed by atoms with E-state index in [1.54, 1.807) is 11.3 Å². The summed E-state index contributed by atoms with van der Waals surface area (Å²) in [6.07, 6.45) is 3.69. The average molecular weight is 426 g/mol. The first-order chi connectivity index (χ1) is 15.1. The fraction of sp³-hybridized carbons (Fsp3) is 0.333. The first-order valence-corrected chi connectivity index (χ1v) is 12.1. The summed E-state index contributed by atoms with van der Waals surface area (Å²) in [7, 11) is 0. The molecule has 4 aromatic rings. The minimum Gasteiger partial charge on any atom is -0.299 e. The molecule has 1 saturated carbocycles. The lowest BCUT2D eigenvalue weighted by molar-refractivity contribution is 0.172. The van der Waals surface area contributed by atoms with Crippen LogP contribution in [0.25, 0.3) is 20.9 Å². The van der Waals surface area contributed by atoms with Crippen LogP contribution < -0.4 is 0 Å². The number of hydrogen-bond donors (Lipinski definition) is 0. The monoisotopic (exact) mass is 425 g/mol. The predicted molar refractivity (Wildman–Crippen MR) is 129 cm³/mol. The second-order valence-electron chi connectivity index (χ2n) is 9.21. The van der Waals surface area contributed by atoms with Gasteiger partial charge in [-0.25, -0.2) is 9.97 Å². The Morgan fingerprint density at radius 3 is 2.32 bits per heavy atom. The van der Waals surface area contributed by atoms with E-state index in [0.717, 1.165) is 21.9 Å². The predicted octanol–water partition coefficient (Wildman–Crippen LogP) is 6.26. The summed E-state index contributed by atoms with van der Waals surface area (Å²) in [6.45, 7) is 8.02. The number of thiazole rings is 1. The Kier molecular flexibility index (Phi) is 4.48. The van der Waals surface area contributed by atoms with Gasteiger partial charge in [0.2, 0.25) is 0 Å². The number of fused-ring (bicyclic) bond motifs is 1. The average Bonchev–Trinajstić information content (AvgIpc) is 3.45. The Morgan fingerprint density at radius 2 is 1.68 bits per heavy atom. The summed E-state index contributed by atoms with van der Waals surface area (Å²) in [4.78, 5) is 13.6. The highest BCUT2D eigenvalue weighted by Crippen LogP contribution is 2.53. The van der Waals surface area contributed by atoms with Gasteiger partial charge in [0.15, 0.2) is 0 Å². The molecule has 2 aromatic carbocycles. The van der Waals surface area contributed by atoms with Crippen LogP contribution in [-0.4, -0.2) is 28.0 Å². The number of rotatable bonds is 5. The van der Waals surface area contributed by atoms with Crippen LogP contribution in [-0.2, 0) is 12.0 Å². The van der Waals surface area contributed by atoms with Crippen molar-refractivity contribution < 1.29 is 0 Å². The molecule has 31 heavy (non-hydrogen) atoms. The first kappa shape index (κ1) is 19.1. The zero-order valence-electron chi connectivity index (χ0n) is 18.2. The van der Waals surface area contributed by atoms with Gasteiger partial charge < -0.3 is 0 Å². The standard InChI is InChI=1S/C27H27N3S/c1-18-15-20(16-19(2)22(18)17-30-13-6-14-30)25-28-23-9-10-24(29-26(23)31-25)27(11-12-27)21-7-4-3-5-8-21/h3-5,7-10,15-16H,6,11-14,17H2,1-2H3. The molecule has 1 saturated heterocycles. The second kappa shape index (κ2) is 7.25. The van der Waals surface area contributed by atoms with E-state index in [1.165, 1.54) is 65.9 Å². The van der Waals surface area contributed by atoms with Gasteiger partial charge in [0.05, 0.1) is 5.69 Å². The quantitative estimate of drug-likeness (QED) is 0.378. The topological polar surface area (TPSA) is 29.0 Å². The molecule has 1 aliphatic carbocycles. The smallest absolute Gasteiger partial charge is 0.144 e. The SMILES string of the molecule is Cc1cc(-c2nc3ccc(C4(c5ccccc5)CC4)nc3s2)cc(C)c1CN1CCC1. The molecular weight excluding hydrogens is 398 g/mol. The Labute approximate surface area is 187 Å². The molecule has 2 fully saturated rings. The number of likely N-dealkylation sites (tertiary alicyclic amines) is 1. The summed E-state index contributed by atoms with van der Waals surface area (Å²) >= 11 is 1.72. The van der Waals surface area contributed by atoms with Crippen molar-refractivity contribution in [2.24, 2.45) is 0 Å². The van der Waals surface area contributed by atoms with Crippen molar-refractivity contribution in [2.45, 2.75) is 45.1 Å². The van der Waals surface area contributed by atoms with Crippen LogP contribution >= 0.6 is 11.3 Å². The third-order valence-corrected chi connectivity index (χ3v) is 8.11. The molecule has 3 nitrogen and oxygen atoms in total. The number of pyridine rings is 1. The van der Waals surface area contributed by atoms with E-state index < -0.39 is 0 Å². The van der Waals surface area contributed by atoms with Gasteiger partial charge in [0.1, 0.15) is 15.4 Å². The summed E-state index contributed by atoms with van der Waals surface area (Å²) in [5, 5.41) is 1.07. The molecule has 2 aromatic heterocycles. The van der Waals surface area contributed by atoms with Crippen molar-refractivity contribution in [1.29, 1.82) is 0 Å². The number of nitrogens with zero attached hydrogens (tertiary/aromatic N) is 3. The number of hydrogen-bond acceptors (Lipinski definition) is 4. The summed E-state index contributed by atoms with van der Waals surface area (Å²) < 4.78 is 0. The molecular formula is C27H27N3S. The van der Waals surface area contributed by atoms with Crippen LogP contribution in [0.5, 0.6) is 0 Å². The summed E-state index contributed by atoms with van der Waals surface area (Å²) in [5.74, 6) is 0. The normalized spacial score (nSPS) is 17.6.